The molecule has 0 radical (unpaired) electrons. The van der Waals surface area contributed by atoms with Gasteiger partial charge in [-0.2, -0.15) is 0 Å². The van der Waals surface area contributed by atoms with Gasteiger partial charge in [-0.3, -0.25) is 19.2 Å². The number of rotatable bonds is 21. The average molecular weight is 742 g/mol. The second-order valence-electron chi connectivity index (χ2n) is 13.6. The van der Waals surface area contributed by atoms with E-state index >= 15 is 0 Å². The molecule has 4 amide bonds. The van der Waals surface area contributed by atoms with Crippen LogP contribution in [-0.2, 0) is 36.8 Å². The van der Waals surface area contributed by atoms with Crippen LogP contribution in [0, 0.1) is 0 Å². The highest BCUT2D eigenvalue weighted by Crippen LogP contribution is 2.21. The Hall–Kier alpha value is -4.73. The number of carbonyl (C=O) groups excluding carboxylic acids is 4. The first-order valence-corrected chi connectivity index (χ1v) is 18.2. The highest BCUT2D eigenvalue weighted by Gasteiger charge is 2.40. The van der Waals surface area contributed by atoms with Crippen molar-refractivity contribution in [3.05, 3.63) is 59.7 Å². The molecule has 6 unspecified atom stereocenters. The molecule has 0 spiro atoms. The molecule has 15 heteroatoms. The maximum absolute atomic E-state index is 14.0. The van der Waals surface area contributed by atoms with E-state index in [1.54, 1.807) is 31.3 Å². The molecule has 1 fully saturated rings. The lowest BCUT2D eigenvalue weighted by Gasteiger charge is -2.32. The fraction of sp³-hybridized carbons (Fsp3) is 0.553. The van der Waals surface area contributed by atoms with Gasteiger partial charge in [0, 0.05) is 32.5 Å². The summed E-state index contributed by atoms with van der Waals surface area (Å²) in [6.45, 7) is 1.46. The van der Waals surface area contributed by atoms with Gasteiger partial charge in [0.1, 0.15) is 41.8 Å². The van der Waals surface area contributed by atoms with Crippen LogP contribution in [-0.4, -0.2) is 128 Å². The van der Waals surface area contributed by atoms with Crippen LogP contribution in [0.1, 0.15) is 69.4 Å². The van der Waals surface area contributed by atoms with E-state index < -0.39 is 72.5 Å². The average Bonchev–Trinajstić information content (AvgIpc) is 3.65. The molecule has 1 saturated heterocycles. The number of carboxylic acids is 1. The van der Waals surface area contributed by atoms with E-state index in [2.05, 4.69) is 22.9 Å². The number of nitrogens with zero attached hydrogens (tertiary/aromatic N) is 2. The molecule has 1 aliphatic heterocycles. The summed E-state index contributed by atoms with van der Waals surface area (Å²) < 4.78 is 0. The van der Waals surface area contributed by atoms with E-state index in [1.807, 2.05) is 0 Å². The molecular weight excluding hydrogens is 686 g/mol. The molecule has 0 aromatic heterocycles. The topological polar surface area (TPSA) is 229 Å². The van der Waals surface area contributed by atoms with Crippen LogP contribution in [0.3, 0.4) is 0 Å². The summed E-state index contributed by atoms with van der Waals surface area (Å²) in [7, 11) is 2.95. The van der Waals surface area contributed by atoms with Crippen molar-refractivity contribution in [1.29, 1.82) is 0 Å². The lowest BCUT2D eigenvalue weighted by molar-refractivity contribution is -0.150. The van der Waals surface area contributed by atoms with Crippen LogP contribution in [0.4, 0.5) is 0 Å². The lowest BCUT2D eigenvalue weighted by Crippen LogP contribution is -2.59. The Labute approximate surface area is 310 Å². The van der Waals surface area contributed by atoms with Gasteiger partial charge in [0.05, 0.1) is 6.61 Å². The summed E-state index contributed by atoms with van der Waals surface area (Å²) in [5, 5.41) is 58.5. The monoisotopic (exact) mass is 741 g/mol. The van der Waals surface area contributed by atoms with Crippen LogP contribution < -0.4 is 16.0 Å². The van der Waals surface area contributed by atoms with Crippen LogP contribution in [0.25, 0.3) is 0 Å². The van der Waals surface area contributed by atoms with Gasteiger partial charge in [-0.25, -0.2) is 4.79 Å². The smallest absolute Gasteiger partial charge is 0.326 e. The third-order valence-electron chi connectivity index (χ3n) is 9.73. The summed E-state index contributed by atoms with van der Waals surface area (Å²) in [4.78, 5) is 69.1. The number of nitrogens with one attached hydrogen (secondary N) is 3. The number of aliphatic hydroxyl groups is 2. The van der Waals surface area contributed by atoms with Gasteiger partial charge in [-0.1, -0.05) is 63.3 Å². The number of likely N-dealkylation sites (tertiary alicyclic amines) is 1. The lowest BCUT2D eigenvalue weighted by atomic mass is 10.0. The second kappa shape index (κ2) is 21.1. The fourth-order valence-electron chi connectivity index (χ4n) is 6.54. The van der Waals surface area contributed by atoms with Gasteiger partial charge in [0.25, 0.3) is 5.91 Å². The molecule has 0 bridgehead atoms. The van der Waals surface area contributed by atoms with Crippen molar-refractivity contribution in [1.82, 2.24) is 25.8 Å². The highest BCUT2D eigenvalue weighted by molar-refractivity contribution is 5.96. The molecule has 53 heavy (non-hydrogen) atoms. The zero-order valence-corrected chi connectivity index (χ0v) is 30.7. The zero-order valence-electron chi connectivity index (χ0n) is 30.7. The van der Waals surface area contributed by atoms with Crippen LogP contribution in [0.2, 0.25) is 0 Å². The van der Waals surface area contributed by atoms with Gasteiger partial charge >= 0.3 is 5.97 Å². The highest BCUT2D eigenvalue weighted by atomic mass is 16.4. The van der Waals surface area contributed by atoms with E-state index in [1.165, 1.54) is 36.2 Å². The normalized spacial score (nSPS) is 16.9. The van der Waals surface area contributed by atoms with E-state index in [4.69, 9.17) is 0 Å². The first-order valence-electron chi connectivity index (χ1n) is 18.2. The maximum Gasteiger partial charge on any atom is 0.326 e. The zero-order chi connectivity index (χ0) is 39.1. The number of carboxylic acid groups (broad SMARTS) is 1. The van der Waals surface area contributed by atoms with Gasteiger partial charge in [-0.05, 0) is 61.7 Å². The molecule has 2 aromatic rings. The Morgan fingerprint density at radius 3 is 2.00 bits per heavy atom. The minimum absolute atomic E-state index is 0.00243. The summed E-state index contributed by atoms with van der Waals surface area (Å²) in [5.74, 6) is -4.28. The van der Waals surface area contributed by atoms with E-state index in [9.17, 15) is 49.5 Å². The minimum Gasteiger partial charge on any atom is -0.508 e. The Morgan fingerprint density at radius 2 is 1.45 bits per heavy atom. The van der Waals surface area contributed by atoms with Crippen molar-refractivity contribution in [3.63, 3.8) is 0 Å². The number of hydrogen-bond donors (Lipinski definition) is 8. The molecule has 6 atom stereocenters. The third-order valence-corrected chi connectivity index (χ3v) is 9.73. The molecule has 3 rings (SSSR count). The van der Waals surface area contributed by atoms with Crippen molar-refractivity contribution >= 4 is 29.6 Å². The number of hydrogen-bond acceptors (Lipinski definition) is 10. The maximum atomic E-state index is 14.0. The van der Waals surface area contributed by atoms with Gasteiger partial charge in [-0.15, -0.1) is 0 Å². The number of aromatic hydroxyl groups is 2. The summed E-state index contributed by atoms with van der Waals surface area (Å²) in [6.07, 6.45) is 4.52. The number of amides is 4. The number of benzene rings is 2. The molecule has 8 N–H and O–H groups in total. The molecule has 1 heterocycles. The van der Waals surface area contributed by atoms with Crippen LogP contribution in [0.15, 0.2) is 48.5 Å². The van der Waals surface area contributed by atoms with E-state index in [0.29, 0.717) is 24.0 Å². The largest absolute Gasteiger partial charge is 0.508 e. The molecule has 0 aliphatic carbocycles. The summed E-state index contributed by atoms with van der Waals surface area (Å²) >= 11 is 0. The predicted octanol–water partition coefficient (Wildman–Crippen LogP) is 1.06. The SMILES string of the molecule is CCCCCCCC(NC)C(O)C(=O)NC(CO)C(=O)N1CCCC1C(=O)NC(Cc1ccc(O)cc1)C(=O)N(C)C(Cc1ccc(O)cc1)C(=O)O. The summed E-state index contributed by atoms with van der Waals surface area (Å²) in [5.41, 5.74) is 1.11. The molecular formula is C38H55N5O10. The Morgan fingerprint density at radius 1 is 0.868 bits per heavy atom. The number of aliphatic carboxylic acids is 1. The van der Waals surface area contributed by atoms with Crippen LogP contribution in [0.5, 0.6) is 11.5 Å². The number of aliphatic hydroxyl groups excluding tert-OH is 2. The van der Waals surface area contributed by atoms with E-state index in [-0.39, 0.29) is 37.3 Å². The quantitative estimate of drug-likeness (QED) is 0.0844. The fourth-order valence-corrected chi connectivity index (χ4v) is 6.54. The van der Waals surface area contributed by atoms with Crippen molar-refractivity contribution in [2.75, 3.05) is 27.2 Å². The second-order valence-corrected chi connectivity index (χ2v) is 13.6. The number of likely N-dealkylation sites (N-methyl/N-ethyl adjacent to an activating group) is 2. The molecule has 1 aliphatic rings. The number of carbonyl (C=O) groups is 5. The van der Waals surface area contributed by atoms with Crippen molar-refractivity contribution in [2.24, 2.45) is 0 Å². The minimum atomic E-state index is -1.49. The van der Waals surface area contributed by atoms with Gasteiger partial charge in [0.2, 0.25) is 17.7 Å². The Balaban J connectivity index is 1.76. The Kier molecular flexibility index (Phi) is 17.0. The third kappa shape index (κ3) is 12.4. The Bertz CT molecular complexity index is 1510. The molecule has 15 nitrogen and oxygen atoms in total. The first kappa shape index (κ1) is 42.7. The van der Waals surface area contributed by atoms with Gasteiger partial charge < -0.3 is 51.3 Å². The van der Waals surface area contributed by atoms with E-state index in [0.717, 1.165) is 37.0 Å². The molecule has 2 aromatic carbocycles. The molecule has 292 valence electrons. The number of phenolic OH excluding ortho intramolecular Hbond substituents is 2. The number of unbranched alkanes of at least 4 members (excludes halogenated alkanes) is 4. The van der Waals surface area contributed by atoms with Crippen molar-refractivity contribution < 1.29 is 49.5 Å². The standard InChI is InChI=1S/C38H55N5O10/c1-4-5-6-7-8-10-28(39-2)33(47)35(49)41-30(23-44)37(51)43-20-9-11-31(43)34(48)40-29(21-24-12-16-26(45)17-13-24)36(50)42(3)32(38(52)53)22-25-14-18-27(46)19-15-25/h12-19,28-33,39,44-47H,4-11,20-23H2,1-3H3,(H,40,48)(H,41,49)(H,52,53). The number of phenols is 2. The molecule has 0 saturated carbocycles. The van der Waals surface area contributed by atoms with Crippen molar-refractivity contribution in [3.8, 4) is 11.5 Å². The van der Waals surface area contributed by atoms with Crippen LogP contribution >= 0.6 is 0 Å². The first-order chi connectivity index (χ1) is 25.3. The van der Waals surface area contributed by atoms with Crippen molar-refractivity contribution in [2.45, 2.75) is 107 Å². The summed E-state index contributed by atoms with van der Waals surface area (Å²) in [6, 6.07) is 6.16. The van der Waals surface area contributed by atoms with Gasteiger partial charge in [0.15, 0.2) is 0 Å². The predicted molar refractivity (Wildman–Crippen MR) is 196 cm³/mol.